The molecule has 80 valence electrons. The average molecular weight is 197 g/mol. The van der Waals surface area contributed by atoms with Crippen molar-refractivity contribution in [3.63, 3.8) is 0 Å². The lowest BCUT2D eigenvalue weighted by atomic mass is 10.0. The fourth-order valence-corrected chi connectivity index (χ4v) is 1.21. The van der Waals surface area contributed by atoms with Crippen molar-refractivity contribution in [2.45, 2.75) is 32.9 Å². The maximum Gasteiger partial charge on any atom is 0.120 e. The van der Waals surface area contributed by atoms with Crippen molar-refractivity contribution in [1.29, 1.82) is 0 Å². The zero-order valence-electron chi connectivity index (χ0n) is 8.83. The van der Waals surface area contributed by atoms with Gasteiger partial charge in [-0.3, -0.25) is 0 Å². The smallest absolute Gasteiger partial charge is 0.120 e. The Labute approximate surface area is 84.8 Å². The second-order valence-corrected chi connectivity index (χ2v) is 3.62. The average Bonchev–Trinajstić information content (AvgIpc) is 2.69. The van der Waals surface area contributed by atoms with Crippen LogP contribution < -0.4 is 5.32 Å². The van der Waals surface area contributed by atoms with Crippen LogP contribution in [0.1, 0.15) is 26.1 Å². The SMILES string of the molecule is CCC(C)C(O)CNCc1ncc[nH]1. The molecular weight excluding hydrogens is 178 g/mol. The van der Waals surface area contributed by atoms with Gasteiger partial charge >= 0.3 is 0 Å². The second-order valence-electron chi connectivity index (χ2n) is 3.62. The predicted octanol–water partition coefficient (Wildman–Crippen LogP) is 0.906. The Balaban J connectivity index is 2.15. The molecule has 0 aliphatic heterocycles. The highest BCUT2D eigenvalue weighted by Crippen LogP contribution is 2.05. The van der Waals surface area contributed by atoms with E-state index in [1.165, 1.54) is 0 Å². The number of aliphatic hydroxyl groups excluding tert-OH is 1. The molecule has 0 saturated heterocycles. The van der Waals surface area contributed by atoms with Crippen LogP contribution >= 0.6 is 0 Å². The summed E-state index contributed by atoms with van der Waals surface area (Å²) in [4.78, 5) is 7.08. The number of hydrogen-bond acceptors (Lipinski definition) is 3. The largest absolute Gasteiger partial charge is 0.392 e. The Hall–Kier alpha value is -0.870. The summed E-state index contributed by atoms with van der Waals surface area (Å²) < 4.78 is 0. The van der Waals surface area contributed by atoms with Crippen molar-refractivity contribution in [3.8, 4) is 0 Å². The van der Waals surface area contributed by atoms with E-state index < -0.39 is 0 Å². The molecule has 0 saturated carbocycles. The molecule has 4 heteroatoms. The normalized spacial score (nSPS) is 15.4. The van der Waals surface area contributed by atoms with Crippen LogP contribution in [0, 0.1) is 5.92 Å². The summed E-state index contributed by atoms with van der Waals surface area (Å²) in [5.74, 6) is 1.25. The van der Waals surface area contributed by atoms with Gasteiger partial charge < -0.3 is 15.4 Å². The zero-order chi connectivity index (χ0) is 10.4. The summed E-state index contributed by atoms with van der Waals surface area (Å²) in [6.07, 6.45) is 4.25. The van der Waals surface area contributed by atoms with Gasteiger partial charge in [-0.05, 0) is 5.92 Å². The first-order valence-electron chi connectivity index (χ1n) is 5.11. The number of aliphatic hydroxyl groups is 1. The van der Waals surface area contributed by atoms with Gasteiger partial charge in [-0.2, -0.15) is 0 Å². The molecule has 0 radical (unpaired) electrons. The van der Waals surface area contributed by atoms with E-state index in [0.717, 1.165) is 12.2 Å². The quantitative estimate of drug-likeness (QED) is 0.635. The van der Waals surface area contributed by atoms with E-state index in [1.54, 1.807) is 12.4 Å². The topological polar surface area (TPSA) is 60.9 Å². The molecule has 0 aromatic carbocycles. The molecule has 1 aromatic rings. The van der Waals surface area contributed by atoms with Crippen molar-refractivity contribution in [2.75, 3.05) is 6.54 Å². The standard InChI is InChI=1S/C10H19N3O/c1-3-8(2)9(14)6-11-7-10-12-4-5-13-10/h4-5,8-9,11,14H,3,6-7H2,1-2H3,(H,12,13). The van der Waals surface area contributed by atoms with Crippen molar-refractivity contribution in [3.05, 3.63) is 18.2 Å². The monoisotopic (exact) mass is 197 g/mol. The number of H-pyrrole nitrogens is 1. The van der Waals surface area contributed by atoms with Gasteiger partial charge in [-0.15, -0.1) is 0 Å². The summed E-state index contributed by atoms with van der Waals surface area (Å²) in [6.45, 7) is 5.44. The Bertz CT molecular complexity index is 236. The van der Waals surface area contributed by atoms with E-state index in [4.69, 9.17) is 0 Å². The van der Waals surface area contributed by atoms with Crippen molar-refractivity contribution >= 4 is 0 Å². The molecule has 0 bridgehead atoms. The molecule has 0 spiro atoms. The number of imidazole rings is 1. The summed E-state index contributed by atoms with van der Waals surface area (Å²) in [5.41, 5.74) is 0. The third-order valence-corrected chi connectivity index (χ3v) is 2.50. The molecule has 0 aliphatic carbocycles. The summed E-state index contributed by atoms with van der Waals surface area (Å²) >= 11 is 0. The van der Waals surface area contributed by atoms with Crippen molar-refractivity contribution in [1.82, 2.24) is 15.3 Å². The van der Waals surface area contributed by atoms with E-state index in [1.807, 2.05) is 0 Å². The van der Waals surface area contributed by atoms with E-state index in [-0.39, 0.29) is 6.10 Å². The molecule has 0 aliphatic rings. The van der Waals surface area contributed by atoms with Gasteiger partial charge in [0.25, 0.3) is 0 Å². The van der Waals surface area contributed by atoms with Gasteiger partial charge in [0.05, 0.1) is 12.6 Å². The minimum absolute atomic E-state index is 0.269. The summed E-state index contributed by atoms with van der Waals surface area (Å²) in [6, 6.07) is 0. The maximum atomic E-state index is 9.65. The van der Waals surface area contributed by atoms with Gasteiger partial charge in [0.2, 0.25) is 0 Å². The maximum absolute atomic E-state index is 9.65. The fourth-order valence-electron chi connectivity index (χ4n) is 1.21. The molecule has 2 atom stereocenters. The minimum Gasteiger partial charge on any atom is -0.392 e. The van der Waals surface area contributed by atoms with E-state index in [0.29, 0.717) is 19.0 Å². The van der Waals surface area contributed by atoms with Crippen LogP contribution in [-0.4, -0.2) is 27.7 Å². The van der Waals surface area contributed by atoms with Crippen molar-refractivity contribution in [2.24, 2.45) is 5.92 Å². The summed E-state index contributed by atoms with van der Waals surface area (Å²) in [5, 5.41) is 12.8. The van der Waals surface area contributed by atoms with E-state index in [2.05, 4.69) is 29.1 Å². The first-order valence-corrected chi connectivity index (χ1v) is 5.11. The molecule has 1 aromatic heterocycles. The third kappa shape index (κ3) is 3.47. The third-order valence-electron chi connectivity index (χ3n) is 2.50. The highest BCUT2D eigenvalue weighted by atomic mass is 16.3. The van der Waals surface area contributed by atoms with Gasteiger partial charge in [-0.25, -0.2) is 4.98 Å². The molecule has 0 amide bonds. The van der Waals surface area contributed by atoms with Crippen LogP contribution in [-0.2, 0) is 6.54 Å². The van der Waals surface area contributed by atoms with Crippen LogP contribution in [0.4, 0.5) is 0 Å². The van der Waals surface area contributed by atoms with Gasteiger partial charge in [0.1, 0.15) is 5.82 Å². The van der Waals surface area contributed by atoms with Crippen LogP contribution in [0.25, 0.3) is 0 Å². The number of aromatic amines is 1. The van der Waals surface area contributed by atoms with Crippen LogP contribution in [0.3, 0.4) is 0 Å². The van der Waals surface area contributed by atoms with E-state index in [9.17, 15) is 5.11 Å². The molecule has 14 heavy (non-hydrogen) atoms. The zero-order valence-corrected chi connectivity index (χ0v) is 8.83. The highest BCUT2D eigenvalue weighted by molar-refractivity contribution is 4.86. The van der Waals surface area contributed by atoms with Crippen LogP contribution in [0.5, 0.6) is 0 Å². The van der Waals surface area contributed by atoms with Crippen molar-refractivity contribution < 1.29 is 5.11 Å². The molecule has 2 unspecified atom stereocenters. The summed E-state index contributed by atoms with van der Waals surface area (Å²) in [7, 11) is 0. The van der Waals surface area contributed by atoms with Gasteiger partial charge in [0, 0.05) is 18.9 Å². The number of rotatable bonds is 6. The minimum atomic E-state index is -0.269. The van der Waals surface area contributed by atoms with E-state index >= 15 is 0 Å². The van der Waals surface area contributed by atoms with Gasteiger partial charge in [0.15, 0.2) is 0 Å². The first-order chi connectivity index (χ1) is 6.74. The lowest BCUT2D eigenvalue weighted by Gasteiger charge is -2.17. The van der Waals surface area contributed by atoms with Crippen LogP contribution in [0.15, 0.2) is 12.4 Å². The Morgan fingerprint density at radius 3 is 3.00 bits per heavy atom. The number of aromatic nitrogens is 2. The lowest BCUT2D eigenvalue weighted by Crippen LogP contribution is -2.31. The fraction of sp³-hybridized carbons (Fsp3) is 0.700. The number of nitrogens with zero attached hydrogens (tertiary/aromatic N) is 1. The second kappa shape index (κ2) is 5.78. The predicted molar refractivity (Wildman–Crippen MR) is 55.8 cm³/mol. The molecule has 1 heterocycles. The lowest BCUT2D eigenvalue weighted by molar-refractivity contribution is 0.112. The molecule has 4 nitrogen and oxygen atoms in total. The van der Waals surface area contributed by atoms with Crippen LogP contribution in [0.2, 0.25) is 0 Å². The molecule has 0 fully saturated rings. The Morgan fingerprint density at radius 1 is 1.64 bits per heavy atom. The van der Waals surface area contributed by atoms with Gasteiger partial charge in [-0.1, -0.05) is 20.3 Å². The number of nitrogens with one attached hydrogen (secondary N) is 2. The number of hydrogen-bond donors (Lipinski definition) is 3. The molecule has 1 rings (SSSR count). The highest BCUT2D eigenvalue weighted by Gasteiger charge is 2.11. The first kappa shape index (κ1) is 11.2. The Morgan fingerprint density at radius 2 is 2.43 bits per heavy atom. The molecule has 3 N–H and O–H groups in total. The Kier molecular flexibility index (Phi) is 4.62. The molecular formula is C10H19N3O.